The maximum absolute atomic E-state index is 13.0. The highest BCUT2D eigenvalue weighted by molar-refractivity contribution is 8.01. The first kappa shape index (κ1) is 24.5. The van der Waals surface area contributed by atoms with Crippen LogP contribution in [0, 0.1) is 11.8 Å². The van der Waals surface area contributed by atoms with Gasteiger partial charge < -0.3 is 9.47 Å². The number of carbonyl (C=O) groups is 2. The second-order valence-electron chi connectivity index (χ2n) is 8.18. The van der Waals surface area contributed by atoms with Crippen molar-refractivity contribution in [1.82, 2.24) is 0 Å². The molecule has 168 valence electrons. The molecule has 1 saturated carbocycles. The minimum atomic E-state index is -0.365. The quantitative estimate of drug-likeness (QED) is 0.417. The van der Waals surface area contributed by atoms with Gasteiger partial charge >= 0.3 is 11.9 Å². The van der Waals surface area contributed by atoms with E-state index in [0.29, 0.717) is 0 Å². The van der Waals surface area contributed by atoms with Crippen molar-refractivity contribution in [3.05, 3.63) is 24.3 Å². The van der Waals surface area contributed by atoms with Crippen LogP contribution in [0.1, 0.15) is 25.7 Å². The third kappa shape index (κ3) is 7.75. The summed E-state index contributed by atoms with van der Waals surface area (Å²) in [6.45, 7) is 8.12. The topological polar surface area (TPSA) is 52.6 Å². The van der Waals surface area contributed by atoms with Crippen LogP contribution in [0.5, 0.6) is 0 Å². The van der Waals surface area contributed by atoms with E-state index in [9.17, 15) is 9.59 Å². The molecule has 1 aliphatic carbocycles. The molecule has 2 atom stereocenters. The largest absolute Gasteiger partial charge is 0.460 e. The summed E-state index contributed by atoms with van der Waals surface area (Å²) < 4.78 is 11.8. The molecule has 0 radical (unpaired) electrons. The first-order valence-electron chi connectivity index (χ1n) is 10.6. The zero-order chi connectivity index (χ0) is 21.3. The molecular weight excluding hydrogens is 457 g/mol. The summed E-state index contributed by atoms with van der Waals surface area (Å²) in [7, 11) is 0. The molecule has 3 fully saturated rings. The molecule has 0 spiro atoms. The molecule has 2 unspecified atom stereocenters. The lowest BCUT2D eigenvalue weighted by atomic mass is 9.79. The molecule has 2 heterocycles. The highest BCUT2D eigenvalue weighted by atomic mass is 32.2. The van der Waals surface area contributed by atoms with Gasteiger partial charge in [0.2, 0.25) is 0 Å². The molecule has 0 aromatic heterocycles. The lowest BCUT2D eigenvalue weighted by molar-refractivity contribution is -0.166. The molecule has 0 N–H and O–H groups in total. The SMILES string of the molecule is C=C1CSCC(OC(=O)C2CCCCC2C(=O)OC2CSCC(=C)CSC2)CSC1. The molecule has 0 aromatic carbocycles. The third-order valence-electron chi connectivity index (χ3n) is 5.38. The van der Waals surface area contributed by atoms with Crippen LogP contribution in [0.4, 0.5) is 0 Å². The smallest absolute Gasteiger partial charge is 0.310 e. The van der Waals surface area contributed by atoms with Gasteiger partial charge in [-0.05, 0) is 12.8 Å². The zero-order valence-corrected chi connectivity index (χ0v) is 20.7. The number of thioether (sulfide) groups is 4. The minimum absolute atomic E-state index is 0.0919. The lowest BCUT2D eigenvalue weighted by Gasteiger charge is -2.31. The average molecular weight is 489 g/mol. The van der Waals surface area contributed by atoms with E-state index in [1.807, 2.05) is 0 Å². The molecular formula is C22H32O4S4. The van der Waals surface area contributed by atoms with E-state index in [1.54, 1.807) is 47.0 Å². The van der Waals surface area contributed by atoms with Crippen molar-refractivity contribution in [2.45, 2.75) is 37.9 Å². The summed E-state index contributed by atoms with van der Waals surface area (Å²) in [5.41, 5.74) is 2.47. The van der Waals surface area contributed by atoms with E-state index in [-0.39, 0.29) is 36.0 Å². The number of hydrogen-bond donors (Lipinski definition) is 0. The van der Waals surface area contributed by atoms with Crippen molar-refractivity contribution in [3.63, 3.8) is 0 Å². The Bertz CT molecular complexity index is 561. The Balaban J connectivity index is 1.53. The first-order chi connectivity index (χ1) is 14.5. The number of ether oxygens (including phenoxy) is 2. The molecule has 2 saturated heterocycles. The predicted molar refractivity (Wildman–Crippen MR) is 133 cm³/mol. The number of rotatable bonds is 4. The number of carbonyl (C=O) groups excluding carboxylic acids is 2. The Morgan fingerprint density at radius 2 is 1.00 bits per heavy atom. The van der Waals surface area contributed by atoms with Gasteiger partial charge in [0.15, 0.2) is 0 Å². The van der Waals surface area contributed by atoms with E-state index in [1.165, 1.54) is 11.1 Å². The Labute approximate surface area is 197 Å². The molecule has 0 amide bonds. The van der Waals surface area contributed by atoms with Crippen LogP contribution < -0.4 is 0 Å². The molecule has 0 aromatic rings. The van der Waals surface area contributed by atoms with E-state index >= 15 is 0 Å². The average Bonchev–Trinajstić information content (AvgIpc) is 2.70. The summed E-state index contributed by atoms with van der Waals surface area (Å²) in [6, 6.07) is 0. The summed E-state index contributed by atoms with van der Waals surface area (Å²) in [5, 5.41) is 0. The van der Waals surface area contributed by atoms with Gasteiger partial charge in [0.05, 0.1) is 11.8 Å². The second kappa shape index (κ2) is 12.8. The molecule has 3 rings (SSSR count). The van der Waals surface area contributed by atoms with Crippen molar-refractivity contribution in [1.29, 1.82) is 0 Å². The van der Waals surface area contributed by atoms with Crippen molar-refractivity contribution < 1.29 is 19.1 Å². The van der Waals surface area contributed by atoms with Crippen LogP contribution in [-0.4, -0.2) is 70.2 Å². The van der Waals surface area contributed by atoms with Crippen LogP contribution >= 0.6 is 47.0 Å². The van der Waals surface area contributed by atoms with Gasteiger partial charge in [-0.3, -0.25) is 9.59 Å². The molecule has 3 aliphatic rings. The van der Waals surface area contributed by atoms with Gasteiger partial charge in [-0.15, -0.1) is 0 Å². The Morgan fingerprint density at radius 3 is 1.33 bits per heavy atom. The maximum Gasteiger partial charge on any atom is 0.310 e. The van der Waals surface area contributed by atoms with E-state index in [4.69, 9.17) is 9.47 Å². The highest BCUT2D eigenvalue weighted by Gasteiger charge is 2.39. The highest BCUT2D eigenvalue weighted by Crippen LogP contribution is 2.34. The van der Waals surface area contributed by atoms with Crippen molar-refractivity contribution in [3.8, 4) is 0 Å². The minimum Gasteiger partial charge on any atom is -0.460 e. The Hall–Kier alpha value is -0.180. The monoisotopic (exact) mass is 488 g/mol. The standard InChI is InChI=1S/C22H32O4S4/c1-15-7-27-11-17(12-28-8-15)25-21(23)19-5-3-4-6-20(19)22(24)26-18-13-29-9-16(2)10-30-14-18/h17-20H,1-14H2. The van der Waals surface area contributed by atoms with Crippen molar-refractivity contribution >= 4 is 59.0 Å². The Kier molecular flexibility index (Phi) is 10.4. The van der Waals surface area contributed by atoms with Gasteiger partial charge in [0.1, 0.15) is 12.2 Å². The van der Waals surface area contributed by atoms with Crippen LogP contribution in [0.25, 0.3) is 0 Å². The third-order valence-corrected chi connectivity index (χ3v) is 10.3. The van der Waals surface area contributed by atoms with Crippen LogP contribution in [0.2, 0.25) is 0 Å². The zero-order valence-electron chi connectivity index (χ0n) is 17.5. The van der Waals surface area contributed by atoms with Gasteiger partial charge in [0.25, 0.3) is 0 Å². The molecule has 30 heavy (non-hydrogen) atoms. The molecule has 8 heteroatoms. The maximum atomic E-state index is 13.0. The predicted octanol–water partition coefficient (Wildman–Crippen LogP) is 4.69. The van der Waals surface area contributed by atoms with Gasteiger partial charge in [-0.1, -0.05) is 37.1 Å². The Morgan fingerprint density at radius 1 is 0.667 bits per heavy atom. The van der Waals surface area contributed by atoms with Gasteiger partial charge in [0, 0.05) is 46.0 Å². The fraction of sp³-hybridized carbons (Fsp3) is 0.727. The van der Waals surface area contributed by atoms with E-state index < -0.39 is 0 Å². The number of esters is 2. The lowest BCUT2D eigenvalue weighted by Crippen LogP contribution is -2.39. The summed E-state index contributed by atoms with van der Waals surface area (Å²) in [6.07, 6.45) is 3.19. The summed E-state index contributed by atoms with van der Waals surface area (Å²) >= 11 is 7.10. The molecule has 2 aliphatic heterocycles. The van der Waals surface area contributed by atoms with E-state index in [2.05, 4.69) is 13.2 Å². The van der Waals surface area contributed by atoms with Gasteiger partial charge in [-0.25, -0.2) is 0 Å². The summed E-state index contributed by atoms with van der Waals surface area (Å²) in [4.78, 5) is 26.0. The number of hydrogen-bond acceptors (Lipinski definition) is 8. The fourth-order valence-electron chi connectivity index (χ4n) is 3.85. The molecule has 4 nitrogen and oxygen atoms in total. The van der Waals surface area contributed by atoms with Crippen LogP contribution in [-0.2, 0) is 19.1 Å². The van der Waals surface area contributed by atoms with Crippen molar-refractivity contribution in [2.24, 2.45) is 11.8 Å². The van der Waals surface area contributed by atoms with Crippen LogP contribution in [0.3, 0.4) is 0 Å². The fourth-order valence-corrected chi connectivity index (χ4v) is 8.24. The van der Waals surface area contributed by atoms with Crippen LogP contribution in [0.15, 0.2) is 24.3 Å². The summed E-state index contributed by atoms with van der Waals surface area (Å²) in [5.74, 6) is 5.71. The van der Waals surface area contributed by atoms with Crippen molar-refractivity contribution in [2.75, 3.05) is 46.0 Å². The second-order valence-corrected chi connectivity index (χ2v) is 12.3. The normalized spacial score (nSPS) is 28.0. The van der Waals surface area contributed by atoms with Gasteiger partial charge in [-0.2, -0.15) is 47.0 Å². The molecule has 0 bridgehead atoms. The first-order valence-corrected chi connectivity index (χ1v) is 15.2. The van der Waals surface area contributed by atoms with E-state index in [0.717, 1.165) is 71.7 Å².